The van der Waals surface area contributed by atoms with Crippen molar-refractivity contribution < 1.29 is 14.0 Å². The predicted molar refractivity (Wildman–Crippen MR) is 122 cm³/mol. The lowest BCUT2D eigenvalue weighted by molar-refractivity contribution is -0.116. The highest BCUT2D eigenvalue weighted by molar-refractivity contribution is 8.00. The molecule has 0 saturated carbocycles. The number of rotatable bonds is 5. The summed E-state index contributed by atoms with van der Waals surface area (Å²) in [6.07, 6.45) is 0. The van der Waals surface area contributed by atoms with Gasteiger partial charge in [-0.1, -0.05) is 48.0 Å². The van der Waals surface area contributed by atoms with Crippen molar-refractivity contribution in [3.05, 3.63) is 94.3 Å². The largest absolute Gasteiger partial charge is 0.346 e. The Balaban J connectivity index is 1.59. The summed E-state index contributed by atoms with van der Waals surface area (Å²) in [5, 5.41) is 3.26. The maximum atomic E-state index is 13.4. The van der Waals surface area contributed by atoms with Crippen LogP contribution in [-0.4, -0.2) is 17.6 Å². The van der Waals surface area contributed by atoms with Gasteiger partial charge in [-0.2, -0.15) is 0 Å². The van der Waals surface area contributed by atoms with Gasteiger partial charge in [-0.3, -0.25) is 9.59 Å². The fourth-order valence-corrected chi connectivity index (χ4v) is 4.59. The first kappa shape index (κ1) is 21.4. The number of halogens is 2. The summed E-state index contributed by atoms with van der Waals surface area (Å²) < 4.78 is 13.4. The van der Waals surface area contributed by atoms with E-state index in [0.717, 1.165) is 10.5 Å². The number of benzene rings is 3. The minimum absolute atomic E-state index is 0.0897. The summed E-state index contributed by atoms with van der Waals surface area (Å²) in [5.74, 6) is -0.446. The van der Waals surface area contributed by atoms with E-state index in [9.17, 15) is 14.0 Å². The molecule has 0 aliphatic carbocycles. The summed E-state index contributed by atoms with van der Waals surface area (Å²) in [6, 6.07) is 19.0. The van der Waals surface area contributed by atoms with Crippen molar-refractivity contribution >= 4 is 40.9 Å². The highest BCUT2D eigenvalue weighted by atomic mass is 35.5. The SMILES string of the molecule is C[C@H](NC(=O)c1ccc2c(c1)N(Cc1ccc(F)cc1Cl)C(=O)CS2)c1ccccc1. The van der Waals surface area contributed by atoms with Gasteiger partial charge in [0.15, 0.2) is 0 Å². The highest BCUT2D eigenvalue weighted by Gasteiger charge is 2.27. The molecule has 1 N–H and O–H groups in total. The van der Waals surface area contributed by atoms with Crippen LogP contribution >= 0.6 is 23.4 Å². The predicted octanol–water partition coefficient (Wildman–Crippen LogP) is 5.61. The first-order valence-corrected chi connectivity index (χ1v) is 11.2. The van der Waals surface area contributed by atoms with Gasteiger partial charge in [-0.05, 0) is 48.4 Å². The van der Waals surface area contributed by atoms with Crippen LogP contribution in [-0.2, 0) is 11.3 Å². The molecule has 0 radical (unpaired) electrons. The van der Waals surface area contributed by atoms with E-state index < -0.39 is 5.82 Å². The van der Waals surface area contributed by atoms with Crippen LogP contribution in [0, 0.1) is 5.82 Å². The third-order valence-electron chi connectivity index (χ3n) is 5.15. The minimum Gasteiger partial charge on any atom is -0.346 e. The standard InChI is InChI=1S/C24H20ClFN2O2S/c1-15(16-5-3-2-4-6-16)27-24(30)17-8-10-22-21(11-17)28(23(29)14-31-22)13-18-7-9-19(26)12-20(18)25/h2-12,15H,13-14H2,1H3,(H,27,30)/t15-/m0/s1. The first-order chi connectivity index (χ1) is 14.9. The average molecular weight is 455 g/mol. The number of nitrogens with zero attached hydrogens (tertiary/aromatic N) is 1. The van der Waals surface area contributed by atoms with E-state index in [-0.39, 0.29) is 29.4 Å². The molecule has 4 nitrogen and oxygen atoms in total. The van der Waals surface area contributed by atoms with Gasteiger partial charge < -0.3 is 10.2 Å². The van der Waals surface area contributed by atoms with E-state index in [1.165, 1.54) is 23.9 Å². The van der Waals surface area contributed by atoms with E-state index in [1.807, 2.05) is 43.3 Å². The van der Waals surface area contributed by atoms with Gasteiger partial charge in [0, 0.05) is 15.5 Å². The number of thioether (sulfide) groups is 1. The second-order valence-corrected chi connectivity index (χ2v) is 8.72. The second-order valence-electron chi connectivity index (χ2n) is 7.29. The second kappa shape index (κ2) is 9.12. The van der Waals surface area contributed by atoms with Gasteiger partial charge in [-0.15, -0.1) is 11.8 Å². The molecule has 1 atom stereocenters. The lowest BCUT2D eigenvalue weighted by Crippen LogP contribution is -2.35. The molecule has 0 aromatic heterocycles. The molecule has 0 fully saturated rings. The van der Waals surface area contributed by atoms with E-state index in [2.05, 4.69) is 5.32 Å². The van der Waals surface area contributed by atoms with Gasteiger partial charge in [-0.25, -0.2) is 4.39 Å². The van der Waals surface area contributed by atoms with Crippen LogP contribution in [0.25, 0.3) is 0 Å². The number of anilines is 1. The zero-order chi connectivity index (χ0) is 22.0. The molecule has 1 aliphatic rings. The Labute approximate surface area is 189 Å². The fraction of sp³-hybridized carbons (Fsp3) is 0.167. The monoisotopic (exact) mass is 454 g/mol. The quantitative estimate of drug-likeness (QED) is 0.545. The molecule has 0 bridgehead atoms. The van der Waals surface area contributed by atoms with Crippen LogP contribution in [0.15, 0.2) is 71.6 Å². The van der Waals surface area contributed by atoms with Gasteiger partial charge >= 0.3 is 0 Å². The first-order valence-electron chi connectivity index (χ1n) is 9.79. The number of nitrogens with one attached hydrogen (secondary N) is 1. The van der Waals surface area contributed by atoms with Crippen molar-refractivity contribution in [3.63, 3.8) is 0 Å². The molecule has 0 unspecified atom stereocenters. The highest BCUT2D eigenvalue weighted by Crippen LogP contribution is 2.37. The molecule has 3 aromatic rings. The van der Waals surface area contributed by atoms with Crippen molar-refractivity contribution in [1.29, 1.82) is 0 Å². The van der Waals surface area contributed by atoms with Crippen LogP contribution in [0.5, 0.6) is 0 Å². The van der Waals surface area contributed by atoms with Crippen molar-refractivity contribution in [2.45, 2.75) is 24.4 Å². The molecule has 0 spiro atoms. The van der Waals surface area contributed by atoms with E-state index in [4.69, 9.17) is 11.6 Å². The van der Waals surface area contributed by atoms with Crippen LogP contribution in [0.4, 0.5) is 10.1 Å². The summed E-state index contributed by atoms with van der Waals surface area (Å²) in [5.41, 5.74) is 2.77. The molecule has 2 amide bonds. The van der Waals surface area contributed by atoms with E-state index in [1.54, 1.807) is 23.1 Å². The van der Waals surface area contributed by atoms with Crippen molar-refractivity contribution in [2.75, 3.05) is 10.7 Å². The maximum Gasteiger partial charge on any atom is 0.251 e. The van der Waals surface area contributed by atoms with Crippen LogP contribution in [0.2, 0.25) is 5.02 Å². The topological polar surface area (TPSA) is 49.4 Å². The van der Waals surface area contributed by atoms with Gasteiger partial charge in [0.25, 0.3) is 5.91 Å². The summed E-state index contributed by atoms with van der Waals surface area (Å²) in [6.45, 7) is 2.13. The lowest BCUT2D eigenvalue weighted by atomic mass is 10.1. The third-order valence-corrected chi connectivity index (χ3v) is 6.55. The lowest BCUT2D eigenvalue weighted by Gasteiger charge is -2.30. The van der Waals surface area contributed by atoms with Crippen molar-refractivity contribution in [1.82, 2.24) is 5.32 Å². The van der Waals surface area contributed by atoms with Crippen molar-refractivity contribution in [3.8, 4) is 0 Å². The molecule has 4 rings (SSSR count). The number of carbonyl (C=O) groups is 2. The average Bonchev–Trinajstić information content (AvgIpc) is 2.77. The molecular weight excluding hydrogens is 435 g/mol. The summed E-state index contributed by atoms with van der Waals surface area (Å²) in [4.78, 5) is 28.0. The maximum absolute atomic E-state index is 13.4. The van der Waals surface area contributed by atoms with Crippen LogP contribution in [0.3, 0.4) is 0 Å². The van der Waals surface area contributed by atoms with Gasteiger partial charge in [0.05, 0.1) is 24.0 Å². The molecule has 0 saturated heterocycles. The molecule has 7 heteroatoms. The van der Waals surface area contributed by atoms with Gasteiger partial charge in [0.1, 0.15) is 5.82 Å². The molecule has 1 heterocycles. The minimum atomic E-state index is -0.429. The zero-order valence-electron chi connectivity index (χ0n) is 16.8. The number of amides is 2. The Morgan fingerprint density at radius 3 is 2.68 bits per heavy atom. The van der Waals surface area contributed by atoms with Crippen LogP contribution in [0.1, 0.15) is 34.5 Å². The number of fused-ring (bicyclic) bond motifs is 1. The summed E-state index contributed by atoms with van der Waals surface area (Å²) >= 11 is 7.61. The Morgan fingerprint density at radius 1 is 1.16 bits per heavy atom. The van der Waals surface area contributed by atoms with E-state index in [0.29, 0.717) is 22.6 Å². The van der Waals surface area contributed by atoms with Crippen LogP contribution < -0.4 is 10.2 Å². The van der Waals surface area contributed by atoms with E-state index >= 15 is 0 Å². The Bertz CT molecular complexity index is 1140. The number of hydrogen-bond donors (Lipinski definition) is 1. The fourth-order valence-electron chi connectivity index (χ4n) is 3.44. The molecular formula is C24H20ClFN2O2S. The zero-order valence-corrected chi connectivity index (χ0v) is 18.3. The normalized spacial score (nSPS) is 14.2. The van der Waals surface area contributed by atoms with Crippen molar-refractivity contribution in [2.24, 2.45) is 0 Å². The number of carbonyl (C=O) groups excluding carboxylic acids is 2. The Morgan fingerprint density at radius 2 is 1.94 bits per heavy atom. The molecule has 31 heavy (non-hydrogen) atoms. The number of hydrogen-bond acceptors (Lipinski definition) is 3. The summed E-state index contributed by atoms with van der Waals surface area (Å²) in [7, 11) is 0. The molecule has 1 aliphatic heterocycles. The molecule has 158 valence electrons. The molecule has 3 aromatic carbocycles. The smallest absolute Gasteiger partial charge is 0.251 e. The Hall–Kier alpha value is -2.83. The van der Waals surface area contributed by atoms with Gasteiger partial charge in [0.2, 0.25) is 5.91 Å². The Kier molecular flexibility index (Phi) is 6.30. The third kappa shape index (κ3) is 4.75.